The maximum absolute atomic E-state index is 14.0. The van der Waals surface area contributed by atoms with E-state index in [0.29, 0.717) is 38.5 Å². The normalized spacial score (nSPS) is 50.4. The summed E-state index contributed by atoms with van der Waals surface area (Å²) in [5.74, 6) is -0.819. The van der Waals surface area contributed by atoms with Crippen LogP contribution in [0.25, 0.3) is 0 Å². The average Bonchev–Trinajstić information content (AvgIpc) is 3.72. The first-order chi connectivity index (χ1) is 25.0. The van der Waals surface area contributed by atoms with Gasteiger partial charge in [-0.05, 0) is 62.0 Å². The lowest BCUT2D eigenvalue weighted by Crippen LogP contribution is -2.58. The third kappa shape index (κ3) is 7.48. The number of Topliss-reactive ketones (excluding diaryl/α,β-unsaturated/α-hetero) is 1. The van der Waals surface area contributed by atoms with E-state index in [4.69, 9.17) is 43.6 Å². The molecular formula is C40H61NO11. The van der Waals surface area contributed by atoms with E-state index >= 15 is 0 Å². The van der Waals surface area contributed by atoms with Crippen molar-refractivity contribution in [3.05, 3.63) is 24.3 Å². The number of methoxy groups -OCH3 is 1. The topological polar surface area (TPSA) is 157 Å². The van der Waals surface area contributed by atoms with Gasteiger partial charge in [0.25, 0.3) is 0 Å². The lowest BCUT2D eigenvalue weighted by molar-refractivity contribution is -0.277. The molecule has 0 saturated carbocycles. The van der Waals surface area contributed by atoms with E-state index in [1.165, 1.54) is 0 Å². The van der Waals surface area contributed by atoms with Crippen molar-refractivity contribution in [3.63, 3.8) is 0 Å². The van der Waals surface area contributed by atoms with Gasteiger partial charge in [0, 0.05) is 64.5 Å². The van der Waals surface area contributed by atoms with Gasteiger partial charge in [0.15, 0.2) is 5.79 Å². The average molecular weight is 732 g/mol. The summed E-state index contributed by atoms with van der Waals surface area (Å²) >= 11 is 0. The smallest absolute Gasteiger partial charge is 0.172 e. The minimum Gasteiger partial charge on any atom is -0.392 e. The molecule has 12 nitrogen and oxygen atoms in total. The van der Waals surface area contributed by atoms with Crippen molar-refractivity contribution in [2.75, 3.05) is 13.7 Å². The summed E-state index contributed by atoms with van der Waals surface area (Å²) in [5, 5.41) is 21.7. The summed E-state index contributed by atoms with van der Waals surface area (Å²) in [5.41, 5.74) is 7.96. The molecule has 8 aliphatic heterocycles. The number of ketones is 1. The second-order valence-electron chi connectivity index (χ2n) is 17.2. The minimum absolute atomic E-state index is 0.00397. The molecular weight excluding hydrogens is 670 g/mol. The molecule has 8 aliphatic rings. The molecule has 292 valence electrons. The third-order valence-electron chi connectivity index (χ3n) is 13.6. The molecule has 8 fully saturated rings. The van der Waals surface area contributed by atoms with Gasteiger partial charge in [-0.2, -0.15) is 0 Å². The van der Waals surface area contributed by atoms with E-state index in [9.17, 15) is 15.0 Å². The molecule has 8 saturated heterocycles. The maximum atomic E-state index is 14.0. The number of nitrogens with two attached hydrogens (primary N) is 1. The quantitative estimate of drug-likeness (QED) is 0.363. The van der Waals surface area contributed by atoms with Gasteiger partial charge >= 0.3 is 0 Å². The molecule has 52 heavy (non-hydrogen) atoms. The second-order valence-corrected chi connectivity index (χ2v) is 17.2. The molecule has 11 unspecified atom stereocenters. The Kier molecular flexibility index (Phi) is 11.1. The predicted octanol–water partition coefficient (Wildman–Crippen LogP) is 3.42. The number of fused-ring (bicyclic) bond motifs is 9. The predicted molar refractivity (Wildman–Crippen MR) is 188 cm³/mol. The van der Waals surface area contributed by atoms with E-state index in [1.54, 1.807) is 7.11 Å². The molecule has 0 aromatic carbocycles. The lowest BCUT2D eigenvalue weighted by atomic mass is 9.81. The van der Waals surface area contributed by atoms with E-state index in [2.05, 4.69) is 20.1 Å². The molecule has 0 amide bonds. The van der Waals surface area contributed by atoms with Crippen molar-refractivity contribution in [2.24, 2.45) is 17.6 Å². The van der Waals surface area contributed by atoms with Crippen LogP contribution in [0.3, 0.4) is 0 Å². The summed E-state index contributed by atoms with van der Waals surface area (Å²) in [7, 11) is 1.65. The standard InChI is InChI=1S/C40H61NO11/c1-20-11-25-5-7-30-21(2)12-27(46-30)9-10-40-18-29(44)38(52-40)35-17-36(51-40)39-31(49-35)8-6-26(48-39)13-23(42)14-28-33(16-32(47-25)22(20)3)50-34(37(28)45-4)15-24(43)19-41/h20,24-39,43-44H,2-3,5-19,41H2,1,4H3/t20-,24?,25?,26?,27?,28?,29-,30?,31?,32?,33+,34-,35?,36?,37-,38?,39+,40-/m1/s1. The van der Waals surface area contributed by atoms with E-state index < -0.39 is 30.2 Å². The van der Waals surface area contributed by atoms with Gasteiger partial charge in [0.05, 0.1) is 79.4 Å². The van der Waals surface area contributed by atoms with Crippen molar-refractivity contribution in [1.29, 1.82) is 0 Å². The number of rotatable bonds is 4. The van der Waals surface area contributed by atoms with Crippen LogP contribution in [0, 0.1) is 11.8 Å². The van der Waals surface area contributed by atoms with Gasteiger partial charge in [-0.1, -0.05) is 20.1 Å². The van der Waals surface area contributed by atoms with Crippen LogP contribution < -0.4 is 5.73 Å². The second kappa shape index (κ2) is 15.3. The van der Waals surface area contributed by atoms with Gasteiger partial charge in [-0.15, -0.1) is 0 Å². The van der Waals surface area contributed by atoms with E-state index in [1.807, 2.05) is 0 Å². The molecule has 10 bridgehead atoms. The van der Waals surface area contributed by atoms with Crippen LogP contribution in [-0.2, 0) is 42.7 Å². The largest absolute Gasteiger partial charge is 0.392 e. The SMILES string of the molecule is C=C1CC2CC[C@]34C[C@@H](O)C(O3)C3CC(O4)[C@H]4OC(CCC4O3)CC(=O)CC3[C@H](CC4OC(CCC1O2)C[C@@H](C)C4=C)O[C@H](CC(O)CN)[C@@H]3OC. The highest BCUT2D eigenvalue weighted by molar-refractivity contribution is 5.79. The number of carbonyl (C=O) groups excluding carboxylic acids is 1. The maximum Gasteiger partial charge on any atom is 0.172 e. The van der Waals surface area contributed by atoms with Crippen molar-refractivity contribution in [2.45, 2.75) is 194 Å². The van der Waals surface area contributed by atoms with E-state index in [0.717, 1.165) is 49.7 Å². The highest BCUT2D eigenvalue weighted by Gasteiger charge is 2.59. The Labute approximate surface area is 308 Å². The fraction of sp³-hybridized carbons (Fsp3) is 0.875. The number of aliphatic hydroxyl groups excluding tert-OH is 2. The van der Waals surface area contributed by atoms with Crippen LogP contribution in [0.2, 0.25) is 0 Å². The molecule has 8 rings (SSSR count). The van der Waals surface area contributed by atoms with Crippen LogP contribution in [0.15, 0.2) is 24.3 Å². The molecule has 8 heterocycles. The van der Waals surface area contributed by atoms with Crippen LogP contribution in [0.4, 0.5) is 0 Å². The Balaban J connectivity index is 1.06. The van der Waals surface area contributed by atoms with Gasteiger partial charge in [-0.25, -0.2) is 0 Å². The Bertz CT molecular complexity index is 1330. The number of ether oxygens (including phenoxy) is 8. The highest BCUT2D eigenvalue weighted by Crippen LogP contribution is 2.49. The number of carbonyl (C=O) groups is 1. The molecule has 0 aromatic rings. The van der Waals surface area contributed by atoms with Gasteiger partial charge in [0.1, 0.15) is 18.0 Å². The summed E-state index contributed by atoms with van der Waals surface area (Å²) in [6, 6.07) is 0. The Morgan fingerprint density at radius 2 is 1.63 bits per heavy atom. The van der Waals surface area contributed by atoms with E-state index in [-0.39, 0.29) is 104 Å². The van der Waals surface area contributed by atoms with Crippen molar-refractivity contribution in [1.82, 2.24) is 0 Å². The molecule has 12 heteroatoms. The van der Waals surface area contributed by atoms with Gasteiger partial charge in [-0.3, -0.25) is 4.79 Å². The lowest BCUT2D eigenvalue weighted by Gasteiger charge is -2.47. The summed E-state index contributed by atoms with van der Waals surface area (Å²) in [6.45, 7) is 11.2. The molecule has 0 aliphatic carbocycles. The third-order valence-corrected chi connectivity index (χ3v) is 13.6. The first kappa shape index (κ1) is 37.6. The van der Waals surface area contributed by atoms with Gasteiger partial charge in [0.2, 0.25) is 0 Å². The zero-order chi connectivity index (χ0) is 36.3. The fourth-order valence-corrected chi connectivity index (χ4v) is 10.8. The highest BCUT2D eigenvalue weighted by atomic mass is 16.7. The molecule has 0 radical (unpaired) electrons. The zero-order valence-corrected chi connectivity index (χ0v) is 31.0. The number of hydrogen-bond donors (Lipinski definition) is 3. The number of hydrogen-bond acceptors (Lipinski definition) is 12. The molecule has 4 N–H and O–H groups in total. The summed E-state index contributed by atoms with van der Waals surface area (Å²) in [6.07, 6.45) is 3.90. The van der Waals surface area contributed by atoms with Crippen molar-refractivity contribution >= 4 is 5.78 Å². The van der Waals surface area contributed by atoms with Crippen LogP contribution >= 0.6 is 0 Å². The van der Waals surface area contributed by atoms with Crippen molar-refractivity contribution < 1.29 is 52.9 Å². The van der Waals surface area contributed by atoms with Gasteiger partial charge < -0.3 is 53.8 Å². The first-order valence-corrected chi connectivity index (χ1v) is 20.1. The Hall–Kier alpha value is -1.29. The Morgan fingerprint density at radius 1 is 0.846 bits per heavy atom. The first-order valence-electron chi connectivity index (χ1n) is 20.1. The Morgan fingerprint density at radius 3 is 2.44 bits per heavy atom. The van der Waals surface area contributed by atoms with Crippen LogP contribution in [0.1, 0.15) is 96.8 Å². The summed E-state index contributed by atoms with van der Waals surface area (Å²) < 4.78 is 52.9. The van der Waals surface area contributed by atoms with Crippen molar-refractivity contribution in [3.8, 4) is 0 Å². The monoisotopic (exact) mass is 731 g/mol. The van der Waals surface area contributed by atoms with Crippen LogP contribution in [-0.4, -0.2) is 127 Å². The zero-order valence-electron chi connectivity index (χ0n) is 31.0. The fourth-order valence-electron chi connectivity index (χ4n) is 10.8. The number of aliphatic hydroxyl groups is 2. The molecule has 18 atom stereocenters. The summed E-state index contributed by atoms with van der Waals surface area (Å²) in [4.78, 5) is 14.0. The minimum atomic E-state index is -0.947. The molecule has 0 aromatic heterocycles. The molecule has 1 spiro atoms. The van der Waals surface area contributed by atoms with Crippen LogP contribution in [0.5, 0.6) is 0 Å².